The Hall–Kier alpha value is -1.79. The van der Waals surface area contributed by atoms with Crippen molar-refractivity contribution in [2.45, 2.75) is 51.8 Å². The molecule has 1 aromatic heterocycles. The predicted molar refractivity (Wildman–Crippen MR) is 90.5 cm³/mol. The molecule has 1 aromatic rings. The zero-order valence-corrected chi connectivity index (χ0v) is 15.1. The van der Waals surface area contributed by atoms with Crippen molar-refractivity contribution in [1.82, 2.24) is 9.88 Å². The Morgan fingerprint density at radius 3 is 2.46 bits per heavy atom. The number of hydrogen-bond donors (Lipinski definition) is 0. The van der Waals surface area contributed by atoms with Crippen LogP contribution in [-0.2, 0) is 11.0 Å². The van der Waals surface area contributed by atoms with Gasteiger partial charge >= 0.3 is 6.18 Å². The molecule has 0 N–H and O–H groups in total. The summed E-state index contributed by atoms with van der Waals surface area (Å²) in [4.78, 5) is 18.1. The molecule has 7 heteroatoms. The van der Waals surface area contributed by atoms with Crippen LogP contribution >= 0.6 is 0 Å². The molecule has 0 aromatic carbocycles. The van der Waals surface area contributed by atoms with Gasteiger partial charge in [-0.3, -0.25) is 4.79 Å². The number of pyridine rings is 1. The van der Waals surface area contributed by atoms with Crippen molar-refractivity contribution in [3.63, 3.8) is 0 Å². The molecule has 2 fully saturated rings. The van der Waals surface area contributed by atoms with E-state index in [-0.39, 0.29) is 23.8 Å². The summed E-state index contributed by atoms with van der Waals surface area (Å²) in [6, 6.07) is 1.81. The minimum absolute atomic E-state index is 0.0469. The van der Waals surface area contributed by atoms with Gasteiger partial charge in [-0.15, -0.1) is 0 Å². The molecule has 2 heterocycles. The van der Waals surface area contributed by atoms with E-state index in [1.165, 1.54) is 0 Å². The predicted octanol–water partition coefficient (Wildman–Crippen LogP) is 4.15. The smallest absolute Gasteiger partial charge is 0.416 e. The lowest BCUT2D eigenvalue weighted by molar-refractivity contribution is -0.146. The Morgan fingerprint density at radius 2 is 1.88 bits per heavy atom. The SMILES string of the molecule is CC(C)C1CCC(C(=O)N2CC(Oc3cc(C(F)(F)F)ccn3)C2)CC1. The molecule has 3 rings (SSSR count). The minimum Gasteiger partial charge on any atom is -0.471 e. The fraction of sp³-hybridized carbons (Fsp3) is 0.684. The van der Waals surface area contributed by atoms with Gasteiger partial charge in [0.25, 0.3) is 0 Å². The lowest BCUT2D eigenvalue weighted by Crippen LogP contribution is -2.58. The second kappa shape index (κ2) is 7.45. The normalized spacial score (nSPS) is 24.5. The summed E-state index contributed by atoms with van der Waals surface area (Å²) < 4.78 is 43.6. The molecule has 1 amide bonds. The molecule has 1 saturated carbocycles. The lowest BCUT2D eigenvalue weighted by Gasteiger charge is -2.41. The summed E-state index contributed by atoms with van der Waals surface area (Å²) in [5.74, 6) is 1.56. The van der Waals surface area contributed by atoms with Crippen LogP contribution in [0, 0.1) is 17.8 Å². The summed E-state index contributed by atoms with van der Waals surface area (Å²) >= 11 is 0. The van der Waals surface area contributed by atoms with Crippen molar-refractivity contribution < 1.29 is 22.7 Å². The monoisotopic (exact) mass is 370 g/mol. The van der Waals surface area contributed by atoms with E-state index < -0.39 is 11.7 Å². The van der Waals surface area contributed by atoms with Gasteiger partial charge in [-0.05, 0) is 43.6 Å². The van der Waals surface area contributed by atoms with E-state index >= 15 is 0 Å². The summed E-state index contributed by atoms with van der Waals surface area (Å²) in [5, 5.41) is 0. The van der Waals surface area contributed by atoms with Crippen molar-refractivity contribution in [2.24, 2.45) is 17.8 Å². The third-order valence-electron chi connectivity index (χ3n) is 5.57. The molecule has 26 heavy (non-hydrogen) atoms. The summed E-state index contributed by atoms with van der Waals surface area (Å²) in [7, 11) is 0. The third kappa shape index (κ3) is 4.30. The Balaban J connectivity index is 1.47. The maximum Gasteiger partial charge on any atom is 0.416 e. The standard InChI is InChI=1S/C19H25F3N2O2/c1-12(2)13-3-5-14(6-4-13)18(25)24-10-16(11-24)26-17-9-15(7-8-23-17)19(20,21)22/h7-9,12-14,16H,3-6,10-11H2,1-2H3. The highest BCUT2D eigenvalue weighted by Gasteiger charge is 2.38. The molecule has 0 spiro atoms. The zero-order chi connectivity index (χ0) is 18.9. The van der Waals surface area contributed by atoms with Crippen LogP contribution in [0.3, 0.4) is 0 Å². The van der Waals surface area contributed by atoms with Gasteiger partial charge in [0.15, 0.2) is 0 Å². The molecule has 0 unspecified atom stereocenters. The quantitative estimate of drug-likeness (QED) is 0.800. The van der Waals surface area contributed by atoms with Crippen molar-refractivity contribution in [3.05, 3.63) is 23.9 Å². The lowest BCUT2D eigenvalue weighted by atomic mass is 9.76. The van der Waals surface area contributed by atoms with Gasteiger partial charge in [0.1, 0.15) is 6.10 Å². The fourth-order valence-electron chi connectivity index (χ4n) is 3.80. The second-order valence-electron chi connectivity index (χ2n) is 7.72. The van der Waals surface area contributed by atoms with E-state index in [4.69, 9.17) is 4.74 Å². The molecule has 0 radical (unpaired) electrons. The highest BCUT2D eigenvalue weighted by molar-refractivity contribution is 5.79. The highest BCUT2D eigenvalue weighted by atomic mass is 19.4. The van der Waals surface area contributed by atoms with Gasteiger partial charge in [-0.25, -0.2) is 4.98 Å². The number of ether oxygens (including phenoxy) is 1. The molecule has 0 bridgehead atoms. The Bertz CT molecular complexity index is 634. The number of carbonyl (C=O) groups excluding carboxylic acids is 1. The van der Waals surface area contributed by atoms with E-state index in [2.05, 4.69) is 18.8 Å². The first-order valence-corrected chi connectivity index (χ1v) is 9.22. The molecule has 2 aliphatic rings. The maximum atomic E-state index is 12.7. The Labute approximate surface area is 151 Å². The maximum absolute atomic E-state index is 12.7. The Kier molecular flexibility index (Phi) is 5.44. The van der Waals surface area contributed by atoms with Crippen LogP contribution in [0.5, 0.6) is 5.88 Å². The molecular formula is C19H25F3N2O2. The van der Waals surface area contributed by atoms with Crippen LogP contribution in [0.2, 0.25) is 0 Å². The first-order chi connectivity index (χ1) is 12.2. The summed E-state index contributed by atoms with van der Waals surface area (Å²) in [5.41, 5.74) is -0.781. The largest absolute Gasteiger partial charge is 0.471 e. The zero-order valence-electron chi connectivity index (χ0n) is 15.1. The summed E-state index contributed by atoms with van der Waals surface area (Å²) in [6.45, 7) is 5.29. The van der Waals surface area contributed by atoms with E-state index in [0.29, 0.717) is 24.9 Å². The first kappa shape index (κ1) is 19.0. The molecule has 1 saturated heterocycles. The number of nitrogens with zero attached hydrogens (tertiary/aromatic N) is 2. The number of halogens is 3. The second-order valence-corrected chi connectivity index (χ2v) is 7.72. The van der Waals surface area contributed by atoms with Crippen LogP contribution < -0.4 is 4.74 Å². The van der Waals surface area contributed by atoms with Crippen LogP contribution in [-0.4, -0.2) is 35.0 Å². The van der Waals surface area contributed by atoms with Crippen molar-refractivity contribution >= 4 is 5.91 Å². The average Bonchev–Trinajstić information content (AvgIpc) is 2.57. The molecular weight excluding hydrogens is 345 g/mol. The van der Waals surface area contributed by atoms with E-state index in [9.17, 15) is 18.0 Å². The van der Waals surface area contributed by atoms with Gasteiger partial charge in [-0.2, -0.15) is 13.2 Å². The summed E-state index contributed by atoms with van der Waals surface area (Å²) in [6.07, 6.45) is 0.427. The van der Waals surface area contributed by atoms with Crippen LogP contribution in [0.4, 0.5) is 13.2 Å². The van der Waals surface area contributed by atoms with Crippen molar-refractivity contribution in [3.8, 4) is 5.88 Å². The van der Waals surface area contributed by atoms with Gasteiger partial charge < -0.3 is 9.64 Å². The highest BCUT2D eigenvalue weighted by Crippen LogP contribution is 2.35. The van der Waals surface area contributed by atoms with Gasteiger partial charge in [0.05, 0.1) is 18.7 Å². The number of amides is 1. The number of hydrogen-bond acceptors (Lipinski definition) is 3. The number of rotatable bonds is 4. The third-order valence-corrected chi connectivity index (χ3v) is 5.57. The number of likely N-dealkylation sites (tertiary alicyclic amines) is 1. The molecule has 1 aliphatic carbocycles. The van der Waals surface area contributed by atoms with Crippen molar-refractivity contribution in [1.29, 1.82) is 0 Å². The first-order valence-electron chi connectivity index (χ1n) is 9.22. The van der Waals surface area contributed by atoms with Gasteiger partial charge in [-0.1, -0.05) is 13.8 Å². The van der Waals surface area contributed by atoms with Crippen LogP contribution in [0.25, 0.3) is 0 Å². The van der Waals surface area contributed by atoms with Crippen LogP contribution in [0.15, 0.2) is 18.3 Å². The molecule has 0 atom stereocenters. The molecule has 4 nitrogen and oxygen atoms in total. The number of aromatic nitrogens is 1. The van der Waals surface area contributed by atoms with E-state index in [0.717, 1.165) is 44.0 Å². The van der Waals surface area contributed by atoms with Gasteiger partial charge in [0.2, 0.25) is 11.8 Å². The number of carbonyl (C=O) groups is 1. The van der Waals surface area contributed by atoms with E-state index in [1.54, 1.807) is 4.90 Å². The Morgan fingerprint density at radius 1 is 1.23 bits per heavy atom. The number of alkyl halides is 3. The fourth-order valence-corrected chi connectivity index (χ4v) is 3.80. The van der Waals surface area contributed by atoms with Gasteiger partial charge in [0, 0.05) is 18.2 Å². The van der Waals surface area contributed by atoms with E-state index in [1.807, 2.05) is 0 Å². The average molecular weight is 370 g/mol. The molecule has 1 aliphatic heterocycles. The molecule has 144 valence electrons. The van der Waals surface area contributed by atoms with Crippen molar-refractivity contribution in [2.75, 3.05) is 13.1 Å². The van der Waals surface area contributed by atoms with Crippen LogP contribution in [0.1, 0.15) is 45.1 Å². The topological polar surface area (TPSA) is 42.4 Å². The minimum atomic E-state index is -4.42.